The number of sulfonamides is 1. The zero-order valence-electron chi connectivity index (χ0n) is 10.5. The number of benzene rings is 1. The van der Waals surface area contributed by atoms with Gasteiger partial charge in [-0.05, 0) is 24.3 Å². The molecular formula is C12H17NO4S2. The van der Waals surface area contributed by atoms with Gasteiger partial charge in [-0.15, -0.1) is 0 Å². The molecule has 0 unspecified atom stereocenters. The second-order valence-corrected chi connectivity index (χ2v) is 7.22. The molecule has 2 rings (SSSR count). The number of ether oxygens (including phenoxy) is 1. The highest BCUT2D eigenvalue weighted by Gasteiger charge is 2.25. The smallest absolute Gasteiger partial charge is 0.243 e. The Labute approximate surface area is 117 Å². The summed E-state index contributed by atoms with van der Waals surface area (Å²) in [4.78, 5) is 0.288. The van der Waals surface area contributed by atoms with Crippen molar-refractivity contribution in [3.63, 3.8) is 0 Å². The van der Waals surface area contributed by atoms with Gasteiger partial charge in [-0.1, -0.05) is 0 Å². The first kappa shape index (κ1) is 14.6. The summed E-state index contributed by atoms with van der Waals surface area (Å²) in [5.74, 6) is 2.25. The minimum atomic E-state index is -3.38. The zero-order chi connectivity index (χ0) is 13.7. The molecule has 0 bridgehead atoms. The molecule has 0 radical (unpaired) electrons. The summed E-state index contributed by atoms with van der Waals surface area (Å²) >= 11 is 1.77. The highest BCUT2D eigenvalue weighted by molar-refractivity contribution is 7.99. The van der Waals surface area contributed by atoms with Crippen molar-refractivity contribution in [1.82, 2.24) is 4.31 Å². The van der Waals surface area contributed by atoms with E-state index in [0.29, 0.717) is 18.8 Å². The van der Waals surface area contributed by atoms with Crippen LogP contribution in [0.3, 0.4) is 0 Å². The van der Waals surface area contributed by atoms with Crippen LogP contribution in [0.25, 0.3) is 0 Å². The third kappa shape index (κ3) is 3.62. The Morgan fingerprint density at radius 1 is 1.21 bits per heavy atom. The molecule has 5 nitrogen and oxygen atoms in total. The average molecular weight is 303 g/mol. The largest absolute Gasteiger partial charge is 0.491 e. The number of hydrogen-bond donors (Lipinski definition) is 1. The molecule has 1 fully saturated rings. The topological polar surface area (TPSA) is 66.8 Å². The SMILES string of the molecule is O=S(=O)(c1ccc(OCCO)cc1)N1CCSCC1. The standard InChI is InChI=1S/C12H17NO4S2/c14-7-8-17-11-1-3-12(4-2-11)19(15,16)13-5-9-18-10-6-13/h1-4,14H,5-10H2. The van der Waals surface area contributed by atoms with Gasteiger partial charge in [0.1, 0.15) is 12.4 Å². The number of nitrogens with zero attached hydrogens (tertiary/aromatic N) is 1. The lowest BCUT2D eigenvalue weighted by Crippen LogP contribution is -2.37. The van der Waals surface area contributed by atoms with Gasteiger partial charge in [0.25, 0.3) is 0 Å². The van der Waals surface area contributed by atoms with Crippen LogP contribution in [-0.2, 0) is 10.0 Å². The maximum Gasteiger partial charge on any atom is 0.243 e. The lowest BCUT2D eigenvalue weighted by Gasteiger charge is -2.25. The first-order chi connectivity index (χ1) is 9.14. The highest BCUT2D eigenvalue weighted by atomic mass is 32.2. The fraction of sp³-hybridized carbons (Fsp3) is 0.500. The predicted octanol–water partition coefficient (Wildman–Crippen LogP) is 0.795. The Bertz CT molecular complexity index is 495. The van der Waals surface area contributed by atoms with E-state index >= 15 is 0 Å². The molecule has 1 saturated heterocycles. The summed E-state index contributed by atoms with van der Waals surface area (Å²) in [5, 5.41) is 8.65. The Morgan fingerprint density at radius 3 is 2.42 bits per heavy atom. The van der Waals surface area contributed by atoms with Crippen LogP contribution in [0.5, 0.6) is 5.75 Å². The van der Waals surface area contributed by atoms with Crippen LogP contribution in [-0.4, -0.2) is 55.6 Å². The molecule has 0 aliphatic carbocycles. The van der Waals surface area contributed by atoms with E-state index in [9.17, 15) is 8.42 Å². The van der Waals surface area contributed by atoms with Crippen LogP contribution in [0.1, 0.15) is 0 Å². The second kappa shape index (κ2) is 6.60. The van der Waals surface area contributed by atoms with Crippen molar-refractivity contribution in [2.24, 2.45) is 0 Å². The first-order valence-corrected chi connectivity index (χ1v) is 8.65. The van der Waals surface area contributed by atoms with E-state index in [4.69, 9.17) is 9.84 Å². The van der Waals surface area contributed by atoms with E-state index in [2.05, 4.69) is 0 Å². The molecule has 0 atom stereocenters. The first-order valence-electron chi connectivity index (χ1n) is 6.06. The van der Waals surface area contributed by atoms with Gasteiger partial charge in [0, 0.05) is 24.6 Å². The zero-order valence-corrected chi connectivity index (χ0v) is 12.1. The molecule has 0 amide bonds. The van der Waals surface area contributed by atoms with Crippen LogP contribution in [0, 0.1) is 0 Å². The van der Waals surface area contributed by atoms with E-state index in [1.165, 1.54) is 4.31 Å². The van der Waals surface area contributed by atoms with Crippen molar-refractivity contribution in [2.45, 2.75) is 4.90 Å². The number of rotatable bonds is 5. The van der Waals surface area contributed by atoms with Gasteiger partial charge in [0.15, 0.2) is 0 Å². The monoisotopic (exact) mass is 303 g/mol. The molecule has 1 aromatic carbocycles. The molecule has 7 heteroatoms. The number of aliphatic hydroxyl groups is 1. The fourth-order valence-corrected chi connectivity index (χ4v) is 4.38. The van der Waals surface area contributed by atoms with E-state index in [-0.39, 0.29) is 18.1 Å². The van der Waals surface area contributed by atoms with Gasteiger partial charge in [0.05, 0.1) is 11.5 Å². The average Bonchev–Trinajstić information content (AvgIpc) is 2.46. The predicted molar refractivity (Wildman–Crippen MR) is 75.1 cm³/mol. The summed E-state index contributed by atoms with van der Waals surface area (Å²) in [5.41, 5.74) is 0. The Balaban J connectivity index is 2.11. The Hall–Kier alpha value is -0.760. The molecule has 1 heterocycles. The number of hydrogen-bond acceptors (Lipinski definition) is 5. The van der Waals surface area contributed by atoms with E-state index < -0.39 is 10.0 Å². The molecular weight excluding hydrogens is 286 g/mol. The minimum Gasteiger partial charge on any atom is -0.491 e. The molecule has 1 aliphatic rings. The Kier molecular flexibility index (Phi) is 5.09. The van der Waals surface area contributed by atoms with Gasteiger partial charge < -0.3 is 9.84 Å². The van der Waals surface area contributed by atoms with Crippen molar-refractivity contribution in [3.05, 3.63) is 24.3 Å². The number of thioether (sulfide) groups is 1. The van der Waals surface area contributed by atoms with Crippen molar-refractivity contribution in [1.29, 1.82) is 0 Å². The molecule has 0 spiro atoms. The molecule has 19 heavy (non-hydrogen) atoms. The fourth-order valence-electron chi connectivity index (χ4n) is 1.81. The van der Waals surface area contributed by atoms with Crippen molar-refractivity contribution < 1.29 is 18.3 Å². The van der Waals surface area contributed by atoms with Crippen LogP contribution in [0.4, 0.5) is 0 Å². The van der Waals surface area contributed by atoms with Crippen LogP contribution < -0.4 is 4.74 Å². The summed E-state index contributed by atoms with van der Waals surface area (Å²) in [6, 6.07) is 6.32. The summed E-state index contributed by atoms with van der Waals surface area (Å²) in [6.45, 7) is 1.27. The third-order valence-electron chi connectivity index (χ3n) is 2.79. The van der Waals surface area contributed by atoms with Crippen LogP contribution in [0.2, 0.25) is 0 Å². The van der Waals surface area contributed by atoms with Gasteiger partial charge >= 0.3 is 0 Å². The molecule has 1 aromatic rings. The van der Waals surface area contributed by atoms with E-state index in [0.717, 1.165) is 11.5 Å². The quantitative estimate of drug-likeness (QED) is 0.871. The van der Waals surface area contributed by atoms with Crippen molar-refractivity contribution >= 4 is 21.8 Å². The van der Waals surface area contributed by atoms with Crippen LogP contribution in [0.15, 0.2) is 29.2 Å². The summed E-state index contributed by atoms with van der Waals surface area (Å²) < 4.78 is 31.4. The van der Waals surface area contributed by atoms with Gasteiger partial charge in [-0.25, -0.2) is 8.42 Å². The second-order valence-electron chi connectivity index (χ2n) is 4.06. The van der Waals surface area contributed by atoms with Gasteiger partial charge in [0.2, 0.25) is 10.0 Å². The van der Waals surface area contributed by atoms with Crippen molar-refractivity contribution in [3.8, 4) is 5.75 Å². The maximum absolute atomic E-state index is 12.3. The molecule has 1 aliphatic heterocycles. The molecule has 106 valence electrons. The summed E-state index contributed by atoms with van der Waals surface area (Å²) in [7, 11) is -3.38. The lowest BCUT2D eigenvalue weighted by molar-refractivity contribution is 0.201. The number of aliphatic hydroxyl groups excluding tert-OH is 1. The minimum absolute atomic E-state index is 0.0640. The normalized spacial score (nSPS) is 17.3. The third-order valence-corrected chi connectivity index (χ3v) is 5.65. The van der Waals surface area contributed by atoms with E-state index in [1.54, 1.807) is 36.0 Å². The summed E-state index contributed by atoms with van der Waals surface area (Å²) in [6.07, 6.45) is 0. The molecule has 1 N–H and O–H groups in total. The van der Waals surface area contributed by atoms with Crippen molar-refractivity contribution in [2.75, 3.05) is 37.8 Å². The molecule has 0 saturated carbocycles. The lowest BCUT2D eigenvalue weighted by atomic mass is 10.3. The van der Waals surface area contributed by atoms with Gasteiger partial charge in [-0.3, -0.25) is 0 Å². The van der Waals surface area contributed by atoms with Crippen LogP contribution >= 0.6 is 11.8 Å². The van der Waals surface area contributed by atoms with E-state index in [1.807, 2.05) is 0 Å². The Morgan fingerprint density at radius 2 is 1.84 bits per heavy atom. The highest BCUT2D eigenvalue weighted by Crippen LogP contribution is 2.22. The molecule has 0 aromatic heterocycles. The van der Waals surface area contributed by atoms with Gasteiger partial charge in [-0.2, -0.15) is 16.1 Å². The maximum atomic E-state index is 12.3.